The number of carbonyl (C=O) groups is 1. The Bertz CT molecular complexity index is 939. The highest BCUT2D eigenvalue weighted by molar-refractivity contribution is 7.99. The molecule has 6 nitrogen and oxygen atoms in total. The third-order valence-corrected chi connectivity index (χ3v) is 4.94. The molecule has 1 N–H and O–H groups in total. The Kier molecular flexibility index (Phi) is 6.13. The van der Waals surface area contributed by atoms with Crippen LogP contribution in [-0.2, 0) is 11.3 Å². The van der Waals surface area contributed by atoms with E-state index >= 15 is 0 Å². The summed E-state index contributed by atoms with van der Waals surface area (Å²) in [7, 11) is 1.63. The summed E-state index contributed by atoms with van der Waals surface area (Å²) in [6.07, 6.45) is 0. The second-order valence-corrected chi connectivity index (χ2v) is 7.06. The predicted molar refractivity (Wildman–Crippen MR) is 106 cm³/mol. The van der Waals surface area contributed by atoms with Gasteiger partial charge in [-0.05, 0) is 49.2 Å². The van der Waals surface area contributed by atoms with Crippen molar-refractivity contribution in [2.24, 2.45) is 0 Å². The molecule has 0 saturated heterocycles. The summed E-state index contributed by atoms with van der Waals surface area (Å²) in [6.45, 7) is 4.41. The van der Waals surface area contributed by atoms with Crippen LogP contribution in [0.4, 0.5) is 0 Å². The summed E-state index contributed by atoms with van der Waals surface area (Å²) >= 11 is 1.37. The zero-order chi connectivity index (χ0) is 19.2. The van der Waals surface area contributed by atoms with Gasteiger partial charge in [0.05, 0.1) is 12.9 Å². The van der Waals surface area contributed by atoms with Crippen LogP contribution >= 0.6 is 11.8 Å². The average molecular weight is 382 g/mol. The molecular formula is C20H22N4O2S. The van der Waals surface area contributed by atoms with E-state index in [-0.39, 0.29) is 11.7 Å². The lowest BCUT2D eigenvalue weighted by Gasteiger charge is -2.09. The first-order valence-electron chi connectivity index (χ1n) is 8.58. The molecule has 1 aromatic heterocycles. The molecule has 3 aromatic rings. The van der Waals surface area contributed by atoms with Crippen LogP contribution in [0.2, 0.25) is 0 Å². The molecule has 0 unspecified atom stereocenters. The number of carbonyl (C=O) groups excluding carboxylic acids is 1. The lowest BCUT2D eigenvalue weighted by Crippen LogP contribution is -2.24. The first-order valence-corrected chi connectivity index (χ1v) is 9.57. The number of aryl methyl sites for hydroxylation is 2. The van der Waals surface area contributed by atoms with Gasteiger partial charge in [-0.15, -0.1) is 10.2 Å². The molecule has 0 saturated carbocycles. The monoisotopic (exact) mass is 382 g/mol. The summed E-state index contributed by atoms with van der Waals surface area (Å²) in [4.78, 5) is 12.2. The van der Waals surface area contributed by atoms with E-state index in [9.17, 15) is 4.79 Å². The van der Waals surface area contributed by atoms with Gasteiger partial charge in [0.25, 0.3) is 0 Å². The molecule has 0 aliphatic heterocycles. The number of hydrogen-bond acceptors (Lipinski definition) is 5. The Morgan fingerprint density at radius 3 is 2.74 bits per heavy atom. The van der Waals surface area contributed by atoms with Crippen molar-refractivity contribution in [1.29, 1.82) is 0 Å². The van der Waals surface area contributed by atoms with Gasteiger partial charge in [-0.3, -0.25) is 9.36 Å². The summed E-state index contributed by atoms with van der Waals surface area (Å²) in [6, 6.07) is 15.8. The van der Waals surface area contributed by atoms with Gasteiger partial charge < -0.3 is 10.1 Å². The van der Waals surface area contributed by atoms with E-state index in [2.05, 4.69) is 21.6 Å². The van der Waals surface area contributed by atoms with Crippen LogP contribution in [-0.4, -0.2) is 33.5 Å². The van der Waals surface area contributed by atoms with E-state index in [1.165, 1.54) is 11.8 Å². The first kappa shape index (κ1) is 19.0. The highest BCUT2D eigenvalue weighted by Crippen LogP contribution is 2.22. The van der Waals surface area contributed by atoms with Crippen LogP contribution in [0.5, 0.6) is 5.75 Å². The van der Waals surface area contributed by atoms with Gasteiger partial charge in [0.1, 0.15) is 11.6 Å². The van der Waals surface area contributed by atoms with Crippen LogP contribution in [0.1, 0.15) is 17.0 Å². The first-order chi connectivity index (χ1) is 13.1. The van der Waals surface area contributed by atoms with E-state index in [4.69, 9.17) is 4.74 Å². The average Bonchev–Trinajstić information content (AvgIpc) is 3.05. The molecule has 7 heteroatoms. The van der Waals surface area contributed by atoms with E-state index < -0.39 is 0 Å². The highest BCUT2D eigenvalue weighted by Gasteiger charge is 2.13. The van der Waals surface area contributed by atoms with E-state index in [0.29, 0.717) is 11.7 Å². The maximum Gasteiger partial charge on any atom is 0.230 e. The molecule has 3 rings (SSSR count). The summed E-state index contributed by atoms with van der Waals surface area (Å²) in [5.41, 5.74) is 3.15. The van der Waals surface area contributed by atoms with Gasteiger partial charge in [0.2, 0.25) is 5.91 Å². The number of thioether (sulfide) groups is 1. The number of methoxy groups -OCH3 is 1. The number of aromatic nitrogens is 3. The number of rotatable bonds is 7. The van der Waals surface area contributed by atoms with E-state index in [1.807, 2.05) is 60.9 Å². The van der Waals surface area contributed by atoms with Crippen molar-refractivity contribution >= 4 is 17.7 Å². The fourth-order valence-electron chi connectivity index (χ4n) is 2.66. The molecule has 0 aliphatic rings. The molecule has 27 heavy (non-hydrogen) atoms. The fraction of sp³-hybridized carbons (Fsp3) is 0.250. The fourth-order valence-corrected chi connectivity index (χ4v) is 3.49. The van der Waals surface area contributed by atoms with E-state index in [0.717, 1.165) is 28.4 Å². The van der Waals surface area contributed by atoms with Crippen molar-refractivity contribution in [3.8, 4) is 11.4 Å². The molecule has 0 aliphatic carbocycles. The Hall–Kier alpha value is -2.80. The number of ether oxygens (including phenoxy) is 1. The number of hydrogen-bond donors (Lipinski definition) is 1. The van der Waals surface area contributed by atoms with Crippen molar-refractivity contribution in [3.63, 3.8) is 0 Å². The normalized spacial score (nSPS) is 10.6. The van der Waals surface area contributed by atoms with Crippen LogP contribution in [0.25, 0.3) is 5.69 Å². The summed E-state index contributed by atoms with van der Waals surface area (Å²) < 4.78 is 7.16. The van der Waals surface area contributed by atoms with Gasteiger partial charge in [-0.25, -0.2) is 0 Å². The largest absolute Gasteiger partial charge is 0.497 e. The van der Waals surface area contributed by atoms with Gasteiger partial charge >= 0.3 is 0 Å². The number of nitrogens with zero attached hydrogens (tertiary/aromatic N) is 3. The minimum absolute atomic E-state index is 0.0562. The van der Waals surface area contributed by atoms with Crippen molar-refractivity contribution in [3.05, 3.63) is 65.5 Å². The van der Waals surface area contributed by atoms with Crippen LogP contribution in [0.15, 0.2) is 53.7 Å². The minimum atomic E-state index is -0.0562. The molecule has 0 spiro atoms. The second-order valence-electron chi connectivity index (χ2n) is 6.12. The van der Waals surface area contributed by atoms with Gasteiger partial charge in [0, 0.05) is 12.2 Å². The Morgan fingerprint density at radius 2 is 1.96 bits per heavy atom. The second kappa shape index (κ2) is 8.73. The number of nitrogens with one attached hydrogen (secondary N) is 1. The maximum absolute atomic E-state index is 12.2. The molecule has 2 aromatic carbocycles. The van der Waals surface area contributed by atoms with Gasteiger partial charge in [-0.1, -0.05) is 36.0 Å². The Balaban J connectivity index is 1.61. The summed E-state index contributed by atoms with van der Waals surface area (Å²) in [5, 5.41) is 12.0. The zero-order valence-electron chi connectivity index (χ0n) is 15.6. The van der Waals surface area contributed by atoms with Crippen molar-refractivity contribution < 1.29 is 9.53 Å². The number of amides is 1. The van der Waals surface area contributed by atoms with Crippen LogP contribution in [0.3, 0.4) is 0 Å². The zero-order valence-corrected chi connectivity index (χ0v) is 16.4. The van der Waals surface area contributed by atoms with Gasteiger partial charge in [-0.2, -0.15) is 0 Å². The van der Waals surface area contributed by atoms with Crippen molar-refractivity contribution in [2.45, 2.75) is 25.5 Å². The third-order valence-electron chi connectivity index (χ3n) is 4.01. The Labute approximate surface area is 163 Å². The molecule has 1 heterocycles. The third kappa shape index (κ3) is 4.89. The Morgan fingerprint density at radius 1 is 1.15 bits per heavy atom. The summed E-state index contributed by atoms with van der Waals surface area (Å²) in [5.74, 6) is 1.78. The molecule has 0 bridgehead atoms. The van der Waals surface area contributed by atoms with Crippen molar-refractivity contribution in [1.82, 2.24) is 20.1 Å². The van der Waals surface area contributed by atoms with E-state index in [1.54, 1.807) is 7.11 Å². The molecule has 0 radical (unpaired) electrons. The van der Waals surface area contributed by atoms with Crippen LogP contribution in [0, 0.1) is 13.8 Å². The minimum Gasteiger partial charge on any atom is -0.497 e. The SMILES string of the molecule is COc1cccc(CNC(=O)CSc2nnc(C)n2-c2cccc(C)c2)c1. The molecule has 0 atom stereocenters. The lowest BCUT2D eigenvalue weighted by atomic mass is 10.2. The standard InChI is InChI=1S/C20H22N4O2S/c1-14-6-4-8-17(10-14)24-15(2)22-23-20(24)27-13-19(25)21-12-16-7-5-9-18(11-16)26-3/h4-11H,12-13H2,1-3H3,(H,21,25). The number of benzene rings is 2. The topological polar surface area (TPSA) is 69.0 Å². The van der Waals surface area contributed by atoms with Gasteiger partial charge in [0.15, 0.2) is 5.16 Å². The molecule has 140 valence electrons. The molecular weight excluding hydrogens is 360 g/mol. The van der Waals surface area contributed by atoms with Crippen molar-refractivity contribution in [2.75, 3.05) is 12.9 Å². The molecule has 0 fully saturated rings. The molecule has 1 amide bonds. The quantitative estimate of drug-likeness (QED) is 0.635. The predicted octanol–water partition coefficient (Wildman–Crippen LogP) is 3.30. The smallest absolute Gasteiger partial charge is 0.230 e. The highest BCUT2D eigenvalue weighted by atomic mass is 32.2. The lowest BCUT2D eigenvalue weighted by molar-refractivity contribution is -0.118. The maximum atomic E-state index is 12.2. The van der Waals surface area contributed by atoms with Crippen LogP contribution < -0.4 is 10.1 Å².